The van der Waals surface area contributed by atoms with E-state index in [1.54, 1.807) is 0 Å². The number of hydrogen-bond acceptors (Lipinski definition) is 2. The minimum absolute atomic E-state index is 0.00602. The molecule has 2 heterocycles. The van der Waals surface area contributed by atoms with Crippen LogP contribution in [0.5, 0.6) is 0 Å². The van der Waals surface area contributed by atoms with Crippen LogP contribution in [0.1, 0.15) is 76.3 Å². The second-order valence-corrected chi connectivity index (χ2v) is 17.6. The van der Waals surface area contributed by atoms with Gasteiger partial charge in [-0.25, -0.2) is 0 Å². The Kier molecular flexibility index (Phi) is 8.20. The van der Waals surface area contributed by atoms with Crippen molar-refractivity contribution in [2.45, 2.75) is 64.7 Å². The molecule has 0 fully saturated rings. The summed E-state index contributed by atoms with van der Waals surface area (Å²) in [6.45, 7) is 16.4. The third kappa shape index (κ3) is 5.71. The molecule has 0 aliphatic carbocycles. The highest BCUT2D eigenvalue weighted by molar-refractivity contribution is 7.00. The number of rotatable bonds is 5. The molecule has 55 heavy (non-hydrogen) atoms. The SMILES string of the molecule is CC(C)(C)c1cccc(N2c3cc(C(C)(C)C)ccc3B3c4ccccc4N(c4ccccc4)c4cc(C(C)(c5ccccc5)c5ccccc5)cc2c43)c1. The van der Waals surface area contributed by atoms with E-state index in [0.717, 1.165) is 5.69 Å². The van der Waals surface area contributed by atoms with Gasteiger partial charge in [-0.05, 0) is 110 Å². The van der Waals surface area contributed by atoms with Crippen LogP contribution in [-0.4, -0.2) is 6.71 Å². The van der Waals surface area contributed by atoms with E-state index < -0.39 is 5.41 Å². The smallest absolute Gasteiger partial charge is 0.252 e. The topological polar surface area (TPSA) is 6.48 Å². The van der Waals surface area contributed by atoms with Gasteiger partial charge in [0.25, 0.3) is 6.71 Å². The molecule has 0 radical (unpaired) electrons. The summed E-state index contributed by atoms with van der Waals surface area (Å²) < 4.78 is 0. The van der Waals surface area contributed by atoms with Crippen LogP contribution in [0.25, 0.3) is 0 Å². The highest BCUT2D eigenvalue weighted by Gasteiger charge is 2.45. The van der Waals surface area contributed by atoms with E-state index in [1.807, 2.05) is 0 Å². The van der Waals surface area contributed by atoms with Crippen LogP contribution >= 0.6 is 0 Å². The van der Waals surface area contributed by atoms with Crippen molar-refractivity contribution in [1.82, 2.24) is 0 Å². The van der Waals surface area contributed by atoms with Gasteiger partial charge in [0, 0.05) is 39.5 Å². The Morgan fingerprint density at radius 1 is 0.345 bits per heavy atom. The Morgan fingerprint density at radius 3 is 1.40 bits per heavy atom. The fourth-order valence-electron chi connectivity index (χ4n) is 8.99. The van der Waals surface area contributed by atoms with Crippen molar-refractivity contribution in [2.75, 3.05) is 9.80 Å². The molecule has 2 aliphatic heterocycles. The predicted molar refractivity (Wildman–Crippen MR) is 236 cm³/mol. The highest BCUT2D eigenvalue weighted by Crippen LogP contribution is 2.49. The molecule has 0 unspecified atom stereocenters. The summed E-state index contributed by atoms with van der Waals surface area (Å²) in [5, 5.41) is 0. The molecule has 0 saturated heterocycles. The van der Waals surface area contributed by atoms with E-state index in [0.29, 0.717) is 0 Å². The first-order valence-electron chi connectivity index (χ1n) is 19.7. The van der Waals surface area contributed by atoms with Crippen LogP contribution in [0.3, 0.4) is 0 Å². The third-order valence-corrected chi connectivity index (χ3v) is 12.1. The lowest BCUT2D eigenvalue weighted by Crippen LogP contribution is -2.61. The minimum atomic E-state index is -0.449. The van der Waals surface area contributed by atoms with Gasteiger partial charge in [-0.1, -0.05) is 163 Å². The van der Waals surface area contributed by atoms with E-state index in [1.165, 1.54) is 72.6 Å². The molecule has 0 bridgehead atoms. The van der Waals surface area contributed by atoms with Gasteiger partial charge in [0.05, 0.1) is 0 Å². The second-order valence-electron chi connectivity index (χ2n) is 17.6. The molecule has 3 heteroatoms. The van der Waals surface area contributed by atoms with Crippen molar-refractivity contribution >= 4 is 57.2 Å². The van der Waals surface area contributed by atoms with Crippen molar-refractivity contribution in [3.8, 4) is 0 Å². The van der Waals surface area contributed by atoms with Gasteiger partial charge in [-0.3, -0.25) is 0 Å². The summed E-state index contributed by atoms with van der Waals surface area (Å²) in [6.07, 6.45) is 0. The number of hydrogen-bond donors (Lipinski definition) is 0. The molecule has 0 atom stereocenters. The molecule has 9 rings (SSSR count). The molecular weight excluding hydrogens is 663 g/mol. The Hall–Kier alpha value is -5.80. The summed E-state index contributed by atoms with van der Waals surface area (Å²) in [4.78, 5) is 5.11. The molecule has 7 aromatic carbocycles. The maximum Gasteiger partial charge on any atom is 0.252 e. The van der Waals surface area contributed by atoms with Crippen molar-refractivity contribution in [3.05, 3.63) is 198 Å². The van der Waals surface area contributed by atoms with Crippen LogP contribution in [0.2, 0.25) is 0 Å². The Morgan fingerprint density at radius 2 is 0.800 bits per heavy atom. The largest absolute Gasteiger partial charge is 0.311 e. The van der Waals surface area contributed by atoms with Crippen LogP contribution in [0.15, 0.2) is 170 Å². The lowest BCUT2D eigenvalue weighted by Gasteiger charge is -2.46. The van der Waals surface area contributed by atoms with Gasteiger partial charge in [0.15, 0.2) is 0 Å². The molecule has 0 saturated carbocycles. The van der Waals surface area contributed by atoms with Gasteiger partial charge in [0.1, 0.15) is 0 Å². The standard InChI is InChI=1S/C52H49BN2/c1-50(2,3)38-24-19-27-42(32-38)55-46-33-39(51(4,5)6)30-31-44(46)53-43-28-17-18-29-45(43)54(41-25-15-10-16-26-41)47-34-40(35-48(55)49(47)53)52(7,36-20-11-8-12-21-36)37-22-13-9-14-23-37/h8-35H,1-7H3. The second kappa shape index (κ2) is 12.9. The maximum atomic E-state index is 2.59. The zero-order chi connectivity index (χ0) is 38.1. The van der Waals surface area contributed by atoms with Crippen LogP contribution < -0.4 is 26.2 Å². The molecular formula is C52H49BN2. The number of fused-ring (bicyclic) bond motifs is 4. The molecule has 7 aromatic rings. The monoisotopic (exact) mass is 712 g/mol. The average Bonchev–Trinajstić information content (AvgIpc) is 3.20. The molecule has 0 N–H and O–H groups in total. The first-order valence-corrected chi connectivity index (χ1v) is 19.7. The normalized spacial score (nSPS) is 13.6. The number of nitrogens with zero attached hydrogens (tertiary/aromatic N) is 2. The van der Waals surface area contributed by atoms with E-state index >= 15 is 0 Å². The minimum Gasteiger partial charge on any atom is -0.311 e. The zero-order valence-electron chi connectivity index (χ0n) is 33.1. The molecule has 0 amide bonds. The number of para-hydroxylation sites is 2. The fraction of sp³-hybridized carbons (Fsp3) is 0.192. The molecule has 0 aromatic heterocycles. The lowest BCUT2D eigenvalue weighted by molar-refractivity contribution is 0.590. The van der Waals surface area contributed by atoms with Crippen molar-refractivity contribution in [3.63, 3.8) is 0 Å². The Bertz CT molecular complexity index is 2490. The van der Waals surface area contributed by atoms with Gasteiger partial charge < -0.3 is 9.80 Å². The molecule has 2 nitrogen and oxygen atoms in total. The summed E-state index contributed by atoms with van der Waals surface area (Å²) in [7, 11) is 0. The van der Waals surface area contributed by atoms with Gasteiger partial charge in [-0.2, -0.15) is 0 Å². The maximum absolute atomic E-state index is 2.59. The van der Waals surface area contributed by atoms with E-state index in [4.69, 9.17) is 0 Å². The first kappa shape index (κ1) is 34.9. The van der Waals surface area contributed by atoms with Crippen molar-refractivity contribution in [1.29, 1.82) is 0 Å². The van der Waals surface area contributed by atoms with Crippen LogP contribution in [0, 0.1) is 0 Å². The Balaban J connectivity index is 1.45. The molecule has 2 aliphatic rings. The first-order chi connectivity index (χ1) is 26.4. The van der Waals surface area contributed by atoms with Crippen LogP contribution in [0.4, 0.5) is 34.1 Å². The van der Waals surface area contributed by atoms with Crippen molar-refractivity contribution < 1.29 is 0 Å². The summed E-state index contributed by atoms with van der Waals surface area (Å²) >= 11 is 0. The predicted octanol–water partition coefficient (Wildman–Crippen LogP) is 11.7. The van der Waals surface area contributed by atoms with Crippen LogP contribution in [-0.2, 0) is 16.2 Å². The zero-order valence-corrected chi connectivity index (χ0v) is 33.1. The fourth-order valence-corrected chi connectivity index (χ4v) is 8.99. The lowest BCUT2D eigenvalue weighted by atomic mass is 9.33. The highest BCUT2D eigenvalue weighted by atomic mass is 15.2. The summed E-state index contributed by atoms with van der Waals surface area (Å²) in [5.74, 6) is 0. The van der Waals surface area contributed by atoms with E-state index in [2.05, 4.69) is 228 Å². The van der Waals surface area contributed by atoms with Gasteiger partial charge in [-0.15, -0.1) is 0 Å². The van der Waals surface area contributed by atoms with Gasteiger partial charge in [0.2, 0.25) is 0 Å². The molecule has 270 valence electrons. The van der Waals surface area contributed by atoms with E-state index in [-0.39, 0.29) is 17.5 Å². The Labute approximate surface area is 328 Å². The average molecular weight is 713 g/mol. The number of anilines is 6. The van der Waals surface area contributed by atoms with Gasteiger partial charge >= 0.3 is 0 Å². The summed E-state index contributed by atoms with van der Waals surface area (Å²) in [5.41, 5.74) is 17.2. The summed E-state index contributed by atoms with van der Waals surface area (Å²) in [6, 6.07) is 63.7. The molecule has 0 spiro atoms. The van der Waals surface area contributed by atoms with E-state index in [9.17, 15) is 0 Å². The third-order valence-electron chi connectivity index (χ3n) is 12.1. The number of benzene rings is 7. The van der Waals surface area contributed by atoms with Crippen molar-refractivity contribution in [2.24, 2.45) is 0 Å². The quantitative estimate of drug-likeness (QED) is 0.129.